The van der Waals surface area contributed by atoms with Crippen LogP contribution in [0.1, 0.15) is 52.9 Å². The van der Waals surface area contributed by atoms with Crippen molar-refractivity contribution in [1.82, 2.24) is 0 Å². The maximum Gasteiger partial charge on any atom is 0.132 e. The second-order valence-corrected chi connectivity index (χ2v) is 2.51. The lowest BCUT2D eigenvalue weighted by Gasteiger charge is -1.91. The number of nitriles is 1. The fraction of sp³-hybridized carbons (Fsp3) is 0.800. The molecule has 0 heterocycles. The molecule has 0 aliphatic heterocycles. The summed E-state index contributed by atoms with van der Waals surface area (Å²) < 4.78 is 0. The van der Waals surface area contributed by atoms with E-state index in [1.165, 1.54) is 0 Å². The Kier molecular flexibility index (Phi) is 14.6. The van der Waals surface area contributed by atoms with Gasteiger partial charge < -0.3 is 0 Å². The predicted molar refractivity (Wildman–Crippen MR) is 50.7 cm³/mol. The Balaban J connectivity index is 0. The smallest absolute Gasteiger partial charge is 0.132 e. The minimum absolute atomic E-state index is 0.395. The van der Waals surface area contributed by atoms with E-state index < -0.39 is 0 Å². The van der Waals surface area contributed by atoms with Gasteiger partial charge in [0, 0.05) is 19.3 Å². The summed E-state index contributed by atoms with van der Waals surface area (Å²) in [6, 6.07) is 1.93. The molecule has 0 saturated carbocycles. The second-order valence-electron chi connectivity index (χ2n) is 2.51. The normalized spacial score (nSPS) is 7.83. The number of hydrogen-bond acceptors (Lipinski definition) is 2. The number of carbonyl (C=O) groups excluding carboxylic acids is 1. The van der Waals surface area contributed by atoms with E-state index in [0.29, 0.717) is 18.6 Å². The third kappa shape index (κ3) is 16.1. The lowest BCUT2D eigenvalue weighted by atomic mass is 10.1. The Morgan fingerprint density at radius 2 is 1.83 bits per heavy atom. The molecule has 70 valence electrons. The number of Topliss-reactive ketones (excluding diaryl/α,β-unsaturated/α-hetero) is 1. The minimum Gasteiger partial charge on any atom is -0.300 e. The molecule has 0 N–H and O–H groups in total. The second kappa shape index (κ2) is 12.8. The summed E-state index contributed by atoms with van der Waals surface area (Å²) in [4.78, 5) is 10.6. The van der Waals surface area contributed by atoms with Crippen LogP contribution in [0.3, 0.4) is 0 Å². The highest BCUT2D eigenvalue weighted by molar-refractivity contribution is 5.77. The maximum absolute atomic E-state index is 10.6. The molecule has 0 saturated heterocycles. The highest BCUT2D eigenvalue weighted by atomic mass is 16.1. The summed E-state index contributed by atoms with van der Waals surface area (Å²) in [5, 5.41) is 7.62. The van der Waals surface area contributed by atoms with Crippen LogP contribution in [0.4, 0.5) is 0 Å². The zero-order valence-electron chi connectivity index (χ0n) is 8.39. The molecule has 0 aromatic heterocycles. The Hall–Kier alpha value is -0.840. The SMILES string of the molecule is CCC#N.CCCCC(=O)CC. The molecule has 0 aliphatic carbocycles. The number of hydrogen-bond donors (Lipinski definition) is 0. The molecular formula is C10H19NO. The van der Waals surface area contributed by atoms with Crippen LogP contribution in [0, 0.1) is 11.3 Å². The first-order chi connectivity index (χ1) is 5.72. The van der Waals surface area contributed by atoms with Gasteiger partial charge in [-0.3, -0.25) is 4.79 Å². The van der Waals surface area contributed by atoms with Crippen molar-refractivity contribution in [3.63, 3.8) is 0 Å². The number of unbranched alkanes of at least 4 members (excludes halogenated alkanes) is 1. The highest BCUT2D eigenvalue weighted by Crippen LogP contribution is 1.96. The van der Waals surface area contributed by atoms with Gasteiger partial charge in [-0.15, -0.1) is 0 Å². The maximum atomic E-state index is 10.6. The number of nitrogens with zero attached hydrogens (tertiary/aromatic N) is 1. The topological polar surface area (TPSA) is 40.9 Å². The first-order valence-corrected chi connectivity index (χ1v) is 4.61. The van der Waals surface area contributed by atoms with Crippen molar-refractivity contribution >= 4 is 5.78 Å². The van der Waals surface area contributed by atoms with Crippen molar-refractivity contribution in [3.05, 3.63) is 0 Å². The van der Waals surface area contributed by atoms with Gasteiger partial charge in [-0.25, -0.2) is 0 Å². The van der Waals surface area contributed by atoms with E-state index in [0.717, 1.165) is 19.3 Å². The highest BCUT2D eigenvalue weighted by Gasteiger charge is 1.93. The van der Waals surface area contributed by atoms with Crippen LogP contribution in [-0.2, 0) is 4.79 Å². The Labute approximate surface area is 75.6 Å². The molecular weight excluding hydrogens is 150 g/mol. The van der Waals surface area contributed by atoms with Gasteiger partial charge in [0.25, 0.3) is 0 Å². The minimum atomic E-state index is 0.395. The van der Waals surface area contributed by atoms with Gasteiger partial charge in [-0.1, -0.05) is 27.2 Å². The van der Waals surface area contributed by atoms with E-state index in [-0.39, 0.29) is 0 Å². The van der Waals surface area contributed by atoms with Crippen LogP contribution in [0.2, 0.25) is 0 Å². The summed E-state index contributed by atoms with van der Waals surface area (Å²) in [6.45, 7) is 5.83. The predicted octanol–water partition coefficient (Wildman–Crippen LogP) is 3.08. The van der Waals surface area contributed by atoms with Crippen LogP contribution in [0.15, 0.2) is 0 Å². The Bertz CT molecular complexity index is 135. The van der Waals surface area contributed by atoms with Crippen LogP contribution in [0.25, 0.3) is 0 Å². The molecule has 0 bridgehead atoms. The quantitative estimate of drug-likeness (QED) is 0.649. The molecule has 0 aromatic carbocycles. The van der Waals surface area contributed by atoms with Gasteiger partial charge >= 0.3 is 0 Å². The van der Waals surface area contributed by atoms with Crippen molar-refractivity contribution in [2.24, 2.45) is 0 Å². The van der Waals surface area contributed by atoms with E-state index in [4.69, 9.17) is 5.26 Å². The lowest BCUT2D eigenvalue weighted by molar-refractivity contribution is -0.118. The van der Waals surface area contributed by atoms with Gasteiger partial charge in [0.2, 0.25) is 0 Å². The zero-order valence-corrected chi connectivity index (χ0v) is 8.39. The molecule has 2 heteroatoms. The summed E-state index contributed by atoms with van der Waals surface area (Å²) in [7, 11) is 0. The van der Waals surface area contributed by atoms with Crippen molar-refractivity contribution in [2.45, 2.75) is 52.9 Å². The number of rotatable bonds is 4. The molecule has 0 amide bonds. The van der Waals surface area contributed by atoms with E-state index in [1.54, 1.807) is 0 Å². The molecule has 0 unspecified atom stereocenters. The van der Waals surface area contributed by atoms with Crippen LogP contribution < -0.4 is 0 Å². The van der Waals surface area contributed by atoms with Crippen molar-refractivity contribution in [1.29, 1.82) is 5.26 Å². The van der Waals surface area contributed by atoms with E-state index in [9.17, 15) is 4.79 Å². The largest absolute Gasteiger partial charge is 0.300 e. The average molecular weight is 169 g/mol. The third-order valence-electron chi connectivity index (χ3n) is 1.36. The first-order valence-electron chi connectivity index (χ1n) is 4.61. The zero-order chi connectivity index (χ0) is 9.82. The fourth-order valence-corrected chi connectivity index (χ4v) is 0.551. The molecule has 0 radical (unpaired) electrons. The van der Waals surface area contributed by atoms with Gasteiger partial charge in [0.15, 0.2) is 0 Å². The number of ketones is 1. The standard InChI is InChI=1S/C7H14O.C3H5N/c1-3-5-6-7(8)4-2;1-2-3-4/h3-6H2,1-2H3;2H2,1H3. The van der Waals surface area contributed by atoms with Crippen molar-refractivity contribution < 1.29 is 4.79 Å². The molecule has 0 rings (SSSR count). The van der Waals surface area contributed by atoms with Crippen LogP contribution >= 0.6 is 0 Å². The molecule has 2 nitrogen and oxygen atoms in total. The van der Waals surface area contributed by atoms with Gasteiger partial charge in [0.05, 0.1) is 6.07 Å². The third-order valence-corrected chi connectivity index (χ3v) is 1.36. The molecule has 12 heavy (non-hydrogen) atoms. The Morgan fingerprint density at radius 3 is 2.08 bits per heavy atom. The summed E-state index contributed by atoms with van der Waals surface area (Å²) in [5.41, 5.74) is 0. The molecule has 0 spiro atoms. The molecule has 0 fully saturated rings. The number of carbonyl (C=O) groups is 1. The van der Waals surface area contributed by atoms with Crippen molar-refractivity contribution in [3.8, 4) is 6.07 Å². The summed E-state index contributed by atoms with van der Waals surface area (Å²) >= 11 is 0. The molecule has 0 aliphatic rings. The first kappa shape index (κ1) is 13.7. The molecule has 0 aromatic rings. The average Bonchev–Trinajstić information content (AvgIpc) is 2.14. The summed E-state index contributed by atoms with van der Waals surface area (Å²) in [6.07, 6.45) is 4.31. The molecule has 0 atom stereocenters. The summed E-state index contributed by atoms with van der Waals surface area (Å²) in [5.74, 6) is 0.395. The van der Waals surface area contributed by atoms with Crippen LogP contribution in [0.5, 0.6) is 0 Å². The fourth-order valence-electron chi connectivity index (χ4n) is 0.551. The van der Waals surface area contributed by atoms with Crippen LogP contribution in [-0.4, -0.2) is 5.78 Å². The Morgan fingerprint density at radius 1 is 1.33 bits per heavy atom. The van der Waals surface area contributed by atoms with E-state index in [1.807, 2.05) is 19.9 Å². The lowest BCUT2D eigenvalue weighted by Crippen LogP contribution is -1.92. The van der Waals surface area contributed by atoms with Gasteiger partial charge in [-0.2, -0.15) is 5.26 Å². The van der Waals surface area contributed by atoms with E-state index in [2.05, 4.69) is 6.92 Å². The van der Waals surface area contributed by atoms with Gasteiger partial charge in [-0.05, 0) is 6.42 Å². The van der Waals surface area contributed by atoms with E-state index >= 15 is 0 Å². The van der Waals surface area contributed by atoms with Gasteiger partial charge in [0.1, 0.15) is 5.78 Å². The monoisotopic (exact) mass is 169 g/mol. The van der Waals surface area contributed by atoms with Crippen molar-refractivity contribution in [2.75, 3.05) is 0 Å².